The molecule has 10 heteroatoms. The van der Waals surface area contributed by atoms with Gasteiger partial charge in [0.2, 0.25) is 0 Å². The molecule has 2 bridgehead atoms. The van der Waals surface area contributed by atoms with Crippen LogP contribution in [0.3, 0.4) is 0 Å². The molecule has 1 saturated heterocycles. The van der Waals surface area contributed by atoms with Crippen molar-refractivity contribution in [1.29, 1.82) is 0 Å². The van der Waals surface area contributed by atoms with Crippen LogP contribution < -0.4 is 0 Å². The Bertz CT molecular complexity index is 1470. The summed E-state index contributed by atoms with van der Waals surface area (Å²) in [6.45, 7) is 9.58. The van der Waals surface area contributed by atoms with Crippen LogP contribution in [-0.2, 0) is 38.1 Å². The number of esters is 4. The highest BCUT2D eigenvalue weighted by atomic mass is 16.6. The minimum Gasteiger partial charge on any atom is -0.459 e. The fraction of sp³-hybridized carbons (Fsp3) is 0.486. The number of benzene rings is 2. The molecule has 0 amide bonds. The number of rotatable bonds is 7. The van der Waals surface area contributed by atoms with Gasteiger partial charge in [-0.1, -0.05) is 55.5 Å². The Balaban J connectivity index is 1.65. The van der Waals surface area contributed by atoms with Gasteiger partial charge in [0.25, 0.3) is 0 Å². The van der Waals surface area contributed by atoms with Crippen LogP contribution in [-0.4, -0.2) is 70.7 Å². The summed E-state index contributed by atoms with van der Waals surface area (Å²) in [4.78, 5) is 51.9. The van der Waals surface area contributed by atoms with Crippen molar-refractivity contribution in [3.05, 3.63) is 77.9 Å². The Hall–Kier alpha value is -4.02. The summed E-state index contributed by atoms with van der Waals surface area (Å²) in [5, 5.41) is 12.2. The Labute approximate surface area is 262 Å². The molecule has 240 valence electrons. The lowest BCUT2D eigenvalue weighted by atomic mass is 9.47. The largest absolute Gasteiger partial charge is 0.459 e. The first-order valence-corrected chi connectivity index (χ1v) is 15.1. The number of aliphatic hydroxyl groups is 1. The van der Waals surface area contributed by atoms with E-state index in [2.05, 4.69) is 0 Å². The molecule has 3 fully saturated rings. The molecule has 2 aromatic carbocycles. The predicted octanol–water partition coefficient (Wildman–Crippen LogP) is 4.29. The first kappa shape index (κ1) is 32.4. The molecule has 0 radical (unpaired) electrons. The maximum Gasteiger partial charge on any atom is 0.338 e. The van der Waals surface area contributed by atoms with Gasteiger partial charge >= 0.3 is 23.9 Å². The minimum absolute atomic E-state index is 0.180. The highest BCUT2D eigenvalue weighted by molar-refractivity contribution is 5.89. The summed E-state index contributed by atoms with van der Waals surface area (Å²) in [6, 6.07) is 17.5. The van der Waals surface area contributed by atoms with Crippen LogP contribution in [0.5, 0.6) is 0 Å². The molecule has 3 aliphatic rings. The quantitative estimate of drug-likeness (QED) is 0.271. The minimum atomic E-state index is -1.57. The number of carbonyl (C=O) groups is 4. The van der Waals surface area contributed by atoms with Gasteiger partial charge < -0.3 is 28.8 Å². The monoisotopic (exact) mass is 620 g/mol. The molecule has 5 rings (SSSR count). The van der Waals surface area contributed by atoms with Crippen LogP contribution in [0.2, 0.25) is 0 Å². The van der Waals surface area contributed by atoms with E-state index in [-0.39, 0.29) is 12.0 Å². The van der Waals surface area contributed by atoms with Gasteiger partial charge in [0.1, 0.15) is 30.0 Å². The summed E-state index contributed by atoms with van der Waals surface area (Å²) in [7, 11) is 0. The molecule has 45 heavy (non-hydrogen) atoms. The van der Waals surface area contributed by atoms with Gasteiger partial charge in [-0.25, -0.2) is 9.59 Å². The van der Waals surface area contributed by atoms with Crippen molar-refractivity contribution in [2.24, 2.45) is 17.3 Å². The Morgan fingerprint density at radius 1 is 0.822 bits per heavy atom. The van der Waals surface area contributed by atoms with Gasteiger partial charge in [0.05, 0.1) is 22.5 Å². The van der Waals surface area contributed by atoms with Gasteiger partial charge in [-0.3, -0.25) is 9.59 Å². The second-order valence-corrected chi connectivity index (χ2v) is 12.9. The number of hydrogen-bond donors (Lipinski definition) is 1. The maximum absolute atomic E-state index is 13.6. The summed E-state index contributed by atoms with van der Waals surface area (Å²) in [5.74, 6) is -3.99. The zero-order valence-corrected chi connectivity index (χ0v) is 26.3. The molecule has 10 nitrogen and oxygen atoms in total. The van der Waals surface area contributed by atoms with E-state index in [1.807, 2.05) is 37.3 Å². The molecule has 0 aromatic heterocycles. The zero-order valence-electron chi connectivity index (χ0n) is 26.3. The van der Waals surface area contributed by atoms with Crippen LogP contribution in [0.1, 0.15) is 63.9 Å². The summed E-state index contributed by atoms with van der Waals surface area (Å²) < 4.78 is 30.9. The van der Waals surface area contributed by atoms with E-state index in [1.54, 1.807) is 57.2 Å². The third-order valence-electron chi connectivity index (χ3n) is 9.65. The Kier molecular flexibility index (Phi) is 8.67. The van der Waals surface area contributed by atoms with Crippen molar-refractivity contribution >= 4 is 30.0 Å². The molecule has 9 atom stereocenters. The highest BCUT2D eigenvalue weighted by Crippen LogP contribution is 2.68. The number of aliphatic hydroxyl groups excluding tert-OH is 1. The SMILES string of the molecule is CC(=O)O[C@@H]1C[C@@H](C)[C@]23OC(C)(C)[C@H]([C@@H](O)[C@H](OC(=O)c4ccccc4)[C@]2(C)[C@H]1OC(C)=O)[C@H]3OC(=O)/C=C/c1ccccc1. The van der Waals surface area contributed by atoms with E-state index in [9.17, 15) is 24.3 Å². The average molecular weight is 621 g/mol. The summed E-state index contributed by atoms with van der Waals surface area (Å²) >= 11 is 0. The normalized spacial score (nSPS) is 34.8. The van der Waals surface area contributed by atoms with Crippen LogP contribution in [0, 0.1) is 17.3 Å². The molecular weight excluding hydrogens is 580 g/mol. The molecule has 2 aromatic rings. The summed E-state index contributed by atoms with van der Waals surface area (Å²) in [5.41, 5.74) is -3.07. The van der Waals surface area contributed by atoms with Crippen molar-refractivity contribution in [3.63, 3.8) is 0 Å². The topological polar surface area (TPSA) is 135 Å². The van der Waals surface area contributed by atoms with Crippen molar-refractivity contribution in [3.8, 4) is 0 Å². The lowest BCUT2D eigenvalue weighted by molar-refractivity contribution is -0.314. The van der Waals surface area contributed by atoms with Gasteiger partial charge in [0.15, 0.2) is 6.10 Å². The second kappa shape index (κ2) is 12.1. The van der Waals surface area contributed by atoms with Crippen molar-refractivity contribution < 1.29 is 48.0 Å². The molecule has 1 heterocycles. The average Bonchev–Trinajstić information content (AvgIpc) is 3.20. The Morgan fingerprint density at radius 2 is 1.42 bits per heavy atom. The second-order valence-electron chi connectivity index (χ2n) is 12.9. The van der Waals surface area contributed by atoms with Gasteiger partial charge in [-0.05, 0) is 56.9 Å². The van der Waals surface area contributed by atoms with E-state index in [0.717, 1.165) is 5.56 Å². The fourth-order valence-corrected chi connectivity index (χ4v) is 8.00. The van der Waals surface area contributed by atoms with E-state index in [1.165, 1.54) is 19.9 Å². The number of ether oxygens (including phenoxy) is 5. The third kappa shape index (κ3) is 5.55. The lowest BCUT2D eigenvalue weighted by Gasteiger charge is -2.63. The first-order chi connectivity index (χ1) is 21.2. The van der Waals surface area contributed by atoms with E-state index < -0.39 is 82.8 Å². The molecular formula is C35H40O10. The van der Waals surface area contributed by atoms with Crippen molar-refractivity contribution in [2.75, 3.05) is 0 Å². The van der Waals surface area contributed by atoms with Gasteiger partial charge in [0, 0.05) is 19.9 Å². The van der Waals surface area contributed by atoms with Crippen LogP contribution in [0.15, 0.2) is 66.7 Å². The van der Waals surface area contributed by atoms with Crippen molar-refractivity contribution in [1.82, 2.24) is 0 Å². The smallest absolute Gasteiger partial charge is 0.338 e. The first-order valence-electron chi connectivity index (χ1n) is 15.1. The molecule has 0 unspecified atom stereocenters. The van der Waals surface area contributed by atoms with Crippen molar-refractivity contribution in [2.45, 2.75) is 89.7 Å². The summed E-state index contributed by atoms with van der Waals surface area (Å²) in [6.07, 6.45) is -2.92. The third-order valence-corrected chi connectivity index (χ3v) is 9.65. The lowest BCUT2D eigenvalue weighted by Crippen LogP contribution is -2.78. The molecule has 1 aliphatic heterocycles. The predicted molar refractivity (Wildman–Crippen MR) is 161 cm³/mol. The molecule has 1 spiro atoms. The standard InChI is InChI=1S/C35H40O10/c1-20-19-25(41-21(2)36)29(42-22(3)37)34(6)31(44-32(40)24-15-11-8-12-16-24)28(39)27-30(35(20,34)45-33(27,4)5)43-26(38)18-17-23-13-9-7-10-14-23/h7-18,20,25,27-31,39H,19H2,1-6H3/b18-17+/t20-,25-,27-,28-,29+,30-,31+,34+,35-/m1/s1. The van der Waals surface area contributed by atoms with Crippen LogP contribution >= 0.6 is 0 Å². The zero-order chi connectivity index (χ0) is 32.7. The van der Waals surface area contributed by atoms with Gasteiger partial charge in [-0.2, -0.15) is 0 Å². The number of fused-ring (bicyclic) bond motifs is 1. The number of carbonyl (C=O) groups excluding carboxylic acids is 4. The molecule has 2 aliphatic carbocycles. The van der Waals surface area contributed by atoms with E-state index in [0.29, 0.717) is 0 Å². The fourth-order valence-electron chi connectivity index (χ4n) is 8.00. The maximum atomic E-state index is 13.6. The number of hydrogen-bond acceptors (Lipinski definition) is 10. The van der Waals surface area contributed by atoms with E-state index in [4.69, 9.17) is 23.7 Å². The highest BCUT2D eigenvalue weighted by Gasteiger charge is 2.83. The Morgan fingerprint density at radius 3 is 2.02 bits per heavy atom. The van der Waals surface area contributed by atoms with Gasteiger partial charge in [-0.15, -0.1) is 0 Å². The molecule has 1 N–H and O–H groups in total. The molecule has 2 saturated carbocycles. The van der Waals surface area contributed by atoms with Crippen LogP contribution in [0.4, 0.5) is 0 Å². The van der Waals surface area contributed by atoms with Crippen LogP contribution in [0.25, 0.3) is 6.08 Å². The van der Waals surface area contributed by atoms with E-state index >= 15 is 0 Å².